The molecule has 1 aromatic rings. The van der Waals surface area contributed by atoms with Gasteiger partial charge in [-0.15, -0.1) is 11.8 Å². The lowest BCUT2D eigenvalue weighted by Crippen LogP contribution is -2.34. The Kier molecular flexibility index (Phi) is 2.48. The Bertz CT molecular complexity index is 610. The van der Waals surface area contributed by atoms with Crippen LogP contribution in [-0.2, 0) is 0 Å². The van der Waals surface area contributed by atoms with Gasteiger partial charge in [0, 0.05) is 17.0 Å². The van der Waals surface area contributed by atoms with E-state index in [0.717, 1.165) is 0 Å². The Morgan fingerprint density at radius 3 is 2.89 bits per heavy atom. The van der Waals surface area contributed by atoms with Crippen LogP contribution < -0.4 is 11.2 Å². The number of aromatic amines is 1. The molecule has 98 valence electrons. The number of hydrogen-bond acceptors (Lipinski definition) is 5. The highest BCUT2D eigenvalue weighted by Gasteiger charge is 2.68. The summed E-state index contributed by atoms with van der Waals surface area (Å²) >= 11 is 1.50. The number of rotatable bonds is 2. The number of aliphatic hydroxyl groups is 2. The molecular weight excluding hydrogens is 256 g/mol. The van der Waals surface area contributed by atoms with Crippen LogP contribution in [0.3, 0.4) is 0 Å². The van der Waals surface area contributed by atoms with Gasteiger partial charge < -0.3 is 10.2 Å². The van der Waals surface area contributed by atoms with Crippen molar-refractivity contribution in [1.82, 2.24) is 9.55 Å². The lowest BCUT2D eigenvalue weighted by atomic mass is 10.1. The van der Waals surface area contributed by atoms with Crippen LogP contribution in [0.25, 0.3) is 0 Å². The summed E-state index contributed by atoms with van der Waals surface area (Å²) in [5.74, 6) is 0. The van der Waals surface area contributed by atoms with Crippen LogP contribution in [0.4, 0.5) is 0 Å². The summed E-state index contributed by atoms with van der Waals surface area (Å²) in [6, 6.07) is -0.166. The highest BCUT2D eigenvalue weighted by molar-refractivity contribution is 8.09. The molecule has 0 aromatic carbocycles. The molecule has 1 aromatic heterocycles. The van der Waals surface area contributed by atoms with Gasteiger partial charge in [0.1, 0.15) is 0 Å². The number of nitrogens with zero attached hydrogens (tertiary/aromatic N) is 1. The monoisotopic (exact) mass is 270 g/mol. The maximum absolute atomic E-state index is 11.8. The predicted molar refractivity (Wildman–Crippen MR) is 66.9 cm³/mol. The van der Waals surface area contributed by atoms with Gasteiger partial charge in [0.25, 0.3) is 5.56 Å². The van der Waals surface area contributed by atoms with Crippen molar-refractivity contribution in [2.45, 2.75) is 35.5 Å². The molecule has 1 aliphatic heterocycles. The Morgan fingerprint density at radius 1 is 1.61 bits per heavy atom. The average Bonchev–Trinajstić information content (AvgIpc) is 3.01. The lowest BCUT2D eigenvalue weighted by Gasteiger charge is -2.16. The van der Waals surface area contributed by atoms with Crippen LogP contribution in [0.1, 0.15) is 18.0 Å². The molecule has 0 spiro atoms. The highest BCUT2D eigenvalue weighted by Crippen LogP contribution is 2.66. The smallest absolute Gasteiger partial charge is 0.328 e. The number of aromatic nitrogens is 2. The zero-order valence-electron chi connectivity index (χ0n) is 9.79. The molecular formula is C11H14N2O4S. The maximum atomic E-state index is 11.8. The van der Waals surface area contributed by atoms with Crippen molar-refractivity contribution in [2.24, 2.45) is 0 Å². The first-order valence-corrected chi connectivity index (χ1v) is 6.66. The fourth-order valence-electron chi connectivity index (χ4n) is 2.75. The molecule has 2 aliphatic rings. The van der Waals surface area contributed by atoms with E-state index in [2.05, 4.69) is 4.98 Å². The number of H-pyrrole nitrogens is 1. The van der Waals surface area contributed by atoms with Crippen LogP contribution >= 0.6 is 11.8 Å². The van der Waals surface area contributed by atoms with E-state index in [1.807, 2.05) is 0 Å². The summed E-state index contributed by atoms with van der Waals surface area (Å²) in [5, 5.41) is 19.4. The molecule has 0 amide bonds. The second-order valence-electron chi connectivity index (χ2n) is 4.95. The molecule has 4 atom stereocenters. The molecule has 1 saturated heterocycles. The summed E-state index contributed by atoms with van der Waals surface area (Å²) in [6.45, 7) is 1.55. The summed E-state index contributed by atoms with van der Waals surface area (Å²) < 4.78 is 0.968. The largest absolute Gasteiger partial charge is 0.395 e. The third-order valence-electron chi connectivity index (χ3n) is 3.90. The number of nitrogens with one attached hydrogen (secondary N) is 1. The third-order valence-corrected chi connectivity index (χ3v) is 5.73. The van der Waals surface area contributed by atoms with Crippen LogP contribution in [0.15, 0.2) is 15.8 Å². The minimum atomic E-state index is -0.610. The minimum Gasteiger partial charge on any atom is -0.395 e. The van der Waals surface area contributed by atoms with E-state index in [4.69, 9.17) is 0 Å². The van der Waals surface area contributed by atoms with Crippen LogP contribution in [0.5, 0.6) is 0 Å². The average molecular weight is 270 g/mol. The summed E-state index contributed by atoms with van der Waals surface area (Å²) in [5.41, 5.74) is -0.369. The molecule has 0 unspecified atom stereocenters. The molecule has 0 radical (unpaired) electrons. The van der Waals surface area contributed by atoms with E-state index < -0.39 is 16.5 Å². The molecule has 7 heteroatoms. The van der Waals surface area contributed by atoms with Gasteiger partial charge in [0.2, 0.25) is 0 Å². The lowest BCUT2D eigenvalue weighted by molar-refractivity contribution is 0.121. The molecule has 3 rings (SSSR count). The standard InChI is InChI=1S/C11H14N2O4S/c1-5-3-13(10(17)12-9(5)16)6-2-7(15)11(4-14)8(6)18-11/h3,6-8,14-15H,2,4H2,1H3,(H,12,16,17)/t6-,7-,8-,11+/m0/s1. The van der Waals surface area contributed by atoms with E-state index in [1.165, 1.54) is 22.5 Å². The predicted octanol–water partition coefficient (Wildman–Crippen LogP) is -1.00. The van der Waals surface area contributed by atoms with Crippen molar-refractivity contribution < 1.29 is 10.2 Å². The van der Waals surface area contributed by atoms with E-state index in [0.29, 0.717) is 12.0 Å². The molecule has 18 heavy (non-hydrogen) atoms. The second kappa shape index (κ2) is 3.72. The first kappa shape index (κ1) is 12.0. The number of thioether (sulfide) groups is 1. The van der Waals surface area contributed by atoms with E-state index in [-0.39, 0.29) is 23.5 Å². The minimum absolute atomic E-state index is 0.0421. The molecule has 6 nitrogen and oxygen atoms in total. The fraction of sp³-hybridized carbons (Fsp3) is 0.636. The molecule has 2 heterocycles. The molecule has 1 aliphatic carbocycles. The Morgan fingerprint density at radius 2 is 2.33 bits per heavy atom. The first-order valence-electron chi connectivity index (χ1n) is 5.78. The summed E-state index contributed by atoms with van der Waals surface area (Å²) in [7, 11) is 0. The van der Waals surface area contributed by atoms with Gasteiger partial charge >= 0.3 is 5.69 Å². The maximum Gasteiger partial charge on any atom is 0.328 e. The number of hydrogen-bond donors (Lipinski definition) is 3. The SMILES string of the molecule is Cc1cn([C@H]2C[C@H](O)[C@@]3(CO)S[C@@H]23)c(=O)[nH]c1=O. The van der Waals surface area contributed by atoms with Crippen molar-refractivity contribution in [3.63, 3.8) is 0 Å². The number of aliphatic hydroxyl groups excluding tert-OH is 2. The molecule has 3 N–H and O–H groups in total. The van der Waals surface area contributed by atoms with Crippen molar-refractivity contribution in [3.05, 3.63) is 32.6 Å². The quantitative estimate of drug-likeness (QED) is 0.599. The Balaban J connectivity index is 2.02. The topological polar surface area (TPSA) is 95.3 Å². The van der Waals surface area contributed by atoms with Gasteiger partial charge in [-0.3, -0.25) is 14.3 Å². The zero-order chi connectivity index (χ0) is 13.1. The van der Waals surface area contributed by atoms with E-state index in [9.17, 15) is 19.8 Å². The van der Waals surface area contributed by atoms with Crippen LogP contribution in [0.2, 0.25) is 0 Å². The van der Waals surface area contributed by atoms with Crippen LogP contribution in [0, 0.1) is 6.92 Å². The third kappa shape index (κ3) is 1.44. The van der Waals surface area contributed by atoms with Gasteiger partial charge in [0.15, 0.2) is 0 Å². The van der Waals surface area contributed by atoms with Gasteiger partial charge in [-0.05, 0) is 13.3 Å². The van der Waals surface area contributed by atoms with Crippen LogP contribution in [-0.4, -0.2) is 42.5 Å². The van der Waals surface area contributed by atoms with Gasteiger partial charge in [-0.2, -0.15) is 0 Å². The second-order valence-corrected chi connectivity index (χ2v) is 6.45. The fourth-order valence-corrected chi connectivity index (χ4v) is 4.27. The summed E-state index contributed by atoms with van der Waals surface area (Å²) in [4.78, 5) is 25.4. The number of aryl methyl sites for hydroxylation is 1. The van der Waals surface area contributed by atoms with Crippen molar-refractivity contribution in [3.8, 4) is 0 Å². The van der Waals surface area contributed by atoms with Gasteiger partial charge in [-0.25, -0.2) is 4.79 Å². The molecule has 1 saturated carbocycles. The zero-order valence-corrected chi connectivity index (χ0v) is 10.6. The molecule has 0 bridgehead atoms. The number of fused-ring (bicyclic) bond motifs is 1. The Labute approximate surface area is 107 Å². The van der Waals surface area contributed by atoms with Crippen molar-refractivity contribution >= 4 is 11.8 Å². The van der Waals surface area contributed by atoms with Crippen molar-refractivity contribution in [1.29, 1.82) is 0 Å². The normalized spacial score (nSPS) is 37.6. The first-order chi connectivity index (χ1) is 8.49. The highest BCUT2D eigenvalue weighted by atomic mass is 32.2. The van der Waals surface area contributed by atoms with Gasteiger partial charge in [-0.1, -0.05) is 0 Å². The molecule has 2 fully saturated rings. The van der Waals surface area contributed by atoms with Gasteiger partial charge in [0.05, 0.1) is 23.5 Å². The van der Waals surface area contributed by atoms with Crippen molar-refractivity contribution in [2.75, 3.05) is 6.61 Å². The Hall–Kier alpha value is -1.05. The summed E-state index contributed by atoms with van der Waals surface area (Å²) in [6.07, 6.45) is 1.36. The van der Waals surface area contributed by atoms with E-state index >= 15 is 0 Å². The van der Waals surface area contributed by atoms with E-state index in [1.54, 1.807) is 6.92 Å².